The van der Waals surface area contributed by atoms with Crippen LogP contribution >= 0.6 is 11.6 Å². The Bertz CT molecular complexity index is 1080. The summed E-state index contributed by atoms with van der Waals surface area (Å²) in [5.41, 5.74) is 4.06. The summed E-state index contributed by atoms with van der Waals surface area (Å²) in [6.07, 6.45) is 7.26. The molecule has 0 bridgehead atoms. The normalized spacial score (nSPS) is 13.8. The molecule has 1 aliphatic rings. The number of amides is 1. The Balaban J connectivity index is 1.79. The van der Waals surface area contributed by atoms with E-state index in [2.05, 4.69) is 15.0 Å². The van der Waals surface area contributed by atoms with Crippen LogP contribution in [0.4, 0.5) is 5.69 Å². The van der Waals surface area contributed by atoms with E-state index in [1.54, 1.807) is 43.5 Å². The fourth-order valence-corrected chi connectivity index (χ4v) is 3.25. The molecule has 0 unspecified atom stereocenters. The molecule has 28 heavy (non-hydrogen) atoms. The number of methoxy groups -OCH3 is 1. The first-order chi connectivity index (χ1) is 13.5. The first kappa shape index (κ1) is 18.1. The van der Waals surface area contributed by atoms with Crippen LogP contribution in [-0.4, -0.2) is 28.0 Å². The third kappa shape index (κ3) is 3.46. The molecule has 0 N–H and O–H groups in total. The van der Waals surface area contributed by atoms with E-state index in [0.29, 0.717) is 23.3 Å². The first-order valence-electron chi connectivity index (χ1n) is 8.67. The highest BCUT2D eigenvalue weighted by molar-refractivity contribution is 6.30. The van der Waals surface area contributed by atoms with Crippen molar-refractivity contribution in [3.8, 4) is 17.3 Å². The molecule has 7 heteroatoms. The number of nitrogens with zero attached hydrogens (tertiary/aromatic N) is 4. The minimum absolute atomic E-state index is 0.0618. The molecule has 0 atom stereocenters. The van der Waals surface area contributed by atoms with Crippen molar-refractivity contribution in [1.29, 1.82) is 0 Å². The molecule has 2 aromatic heterocycles. The smallest absolute Gasteiger partial charge is 0.224 e. The molecule has 0 aliphatic carbocycles. The summed E-state index contributed by atoms with van der Waals surface area (Å²) in [7, 11) is 1.57. The van der Waals surface area contributed by atoms with Gasteiger partial charge in [-0.05, 0) is 35.9 Å². The summed E-state index contributed by atoms with van der Waals surface area (Å²) >= 11 is 6.15. The second-order valence-corrected chi connectivity index (χ2v) is 6.77. The quantitative estimate of drug-likeness (QED) is 0.652. The Kier molecular flexibility index (Phi) is 4.79. The van der Waals surface area contributed by atoms with Crippen molar-refractivity contribution in [3.05, 3.63) is 64.6 Å². The summed E-state index contributed by atoms with van der Waals surface area (Å²) in [6, 6.07) is 9.09. The van der Waals surface area contributed by atoms with Crippen LogP contribution in [0.5, 0.6) is 5.88 Å². The number of hydrogen-bond donors (Lipinski definition) is 0. The van der Waals surface area contributed by atoms with Gasteiger partial charge in [-0.25, -0.2) is 15.0 Å². The van der Waals surface area contributed by atoms with Gasteiger partial charge in [0, 0.05) is 41.5 Å². The molecule has 0 radical (unpaired) electrons. The molecule has 4 rings (SSSR count). The number of anilines is 1. The number of rotatable bonds is 2. The lowest BCUT2D eigenvalue weighted by atomic mass is 10.1. The minimum atomic E-state index is -0.0618. The highest BCUT2D eigenvalue weighted by Crippen LogP contribution is 2.31. The molecule has 6 nitrogen and oxygen atoms in total. The highest BCUT2D eigenvalue weighted by atomic mass is 35.5. The van der Waals surface area contributed by atoms with Crippen molar-refractivity contribution in [1.82, 2.24) is 15.0 Å². The summed E-state index contributed by atoms with van der Waals surface area (Å²) < 4.78 is 5.09. The van der Waals surface area contributed by atoms with Gasteiger partial charge < -0.3 is 9.64 Å². The Morgan fingerprint density at radius 1 is 1.14 bits per heavy atom. The maximum absolute atomic E-state index is 12.3. The van der Waals surface area contributed by atoms with Gasteiger partial charge in [0.05, 0.1) is 25.0 Å². The summed E-state index contributed by atoms with van der Waals surface area (Å²) in [5.74, 6) is 1.02. The van der Waals surface area contributed by atoms with Gasteiger partial charge in [0.15, 0.2) is 5.82 Å². The second kappa shape index (κ2) is 7.40. The van der Waals surface area contributed by atoms with Gasteiger partial charge in [-0.2, -0.15) is 0 Å². The van der Waals surface area contributed by atoms with Gasteiger partial charge in [-0.15, -0.1) is 0 Å². The lowest BCUT2D eigenvalue weighted by molar-refractivity contribution is -0.116. The maximum Gasteiger partial charge on any atom is 0.224 e. The van der Waals surface area contributed by atoms with Crippen LogP contribution in [0, 0.1) is 0 Å². The van der Waals surface area contributed by atoms with E-state index in [-0.39, 0.29) is 5.91 Å². The third-order valence-electron chi connectivity index (χ3n) is 4.51. The van der Waals surface area contributed by atoms with E-state index in [1.807, 2.05) is 30.4 Å². The van der Waals surface area contributed by atoms with Gasteiger partial charge in [0.25, 0.3) is 0 Å². The monoisotopic (exact) mass is 392 g/mol. The number of benzene rings is 1. The number of fused-ring (bicyclic) bond motifs is 2. The third-order valence-corrected chi connectivity index (χ3v) is 4.75. The number of ether oxygens (including phenoxy) is 1. The maximum atomic E-state index is 12.3. The van der Waals surface area contributed by atoms with Crippen LogP contribution in [-0.2, 0) is 11.3 Å². The Hall–Kier alpha value is -3.25. The molecule has 0 saturated heterocycles. The first-order valence-corrected chi connectivity index (χ1v) is 9.05. The Morgan fingerprint density at radius 2 is 2.00 bits per heavy atom. The summed E-state index contributed by atoms with van der Waals surface area (Å²) in [4.78, 5) is 27.3. The number of pyridine rings is 1. The average molecular weight is 393 g/mol. The van der Waals surface area contributed by atoms with Crippen LogP contribution in [0.1, 0.15) is 23.7 Å². The van der Waals surface area contributed by atoms with Crippen LogP contribution in [0.3, 0.4) is 0 Å². The van der Waals surface area contributed by atoms with Crippen LogP contribution in [0.15, 0.2) is 42.7 Å². The van der Waals surface area contributed by atoms with Gasteiger partial charge in [0.2, 0.25) is 11.8 Å². The van der Waals surface area contributed by atoms with Crippen molar-refractivity contribution in [3.63, 3.8) is 0 Å². The Morgan fingerprint density at radius 3 is 2.71 bits per heavy atom. The number of hydrogen-bond acceptors (Lipinski definition) is 5. The van der Waals surface area contributed by atoms with E-state index in [0.717, 1.165) is 28.1 Å². The predicted octanol–water partition coefficient (Wildman–Crippen LogP) is 4.24. The van der Waals surface area contributed by atoms with Crippen molar-refractivity contribution in [2.24, 2.45) is 0 Å². The number of aromatic nitrogens is 3. The van der Waals surface area contributed by atoms with E-state index in [1.165, 1.54) is 0 Å². The molecule has 140 valence electrons. The Labute approximate surface area is 167 Å². The predicted molar refractivity (Wildman–Crippen MR) is 109 cm³/mol. The van der Waals surface area contributed by atoms with E-state index >= 15 is 0 Å². The van der Waals surface area contributed by atoms with Gasteiger partial charge in [-0.1, -0.05) is 17.7 Å². The molecule has 0 fully saturated rings. The van der Waals surface area contributed by atoms with E-state index < -0.39 is 0 Å². The number of carbonyl (C=O) groups is 1. The molecule has 0 spiro atoms. The second-order valence-electron chi connectivity index (χ2n) is 6.33. The summed E-state index contributed by atoms with van der Waals surface area (Å²) in [6.45, 7) is 1.92. The van der Waals surface area contributed by atoms with Crippen molar-refractivity contribution in [2.75, 3.05) is 12.0 Å². The van der Waals surface area contributed by atoms with Gasteiger partial charge >= 0.3 is 0 Å². The molecular weight excluding hydrogens is 376 g/mol. The largest absolute Gasteiger partial charge is 0.481 e. The minimum Gasteiger partial charge on any atom is -0.481 e. The molecule has 1 aliphatic heterocycles. The van der Waals surface area contributed by atoms with Crippen LogP contribution in [0.2, 0.25) is 5.02 Å². The zero-order chi connectivity index (χ0) is 19.7. The molecule has 1 aromatic carbocycles. The van der Waals surface area contributed by atoms with Crippen molar-refractivity contribution >= 4 is 35.3 Å². The standard InChI is InChI=1S/C21H17ClN4O2/c1-13(27)26-12-16-11-24-21(15-4-8-20(28-2)23-10-15)25-18(16)6-3-14-9-17(22)5-7-19(14)26/h3-11H,12H2,1-2H3/b6-3-. The zero-order valence-corrected chi connectivity index (χ0v) is 16.1. The molecular formula is C21H17ClN4O2. The molecule has 3 heterocycles. The highest BCUT2D eigenvalue weighted by Gasteiger charge is 2.20. The van der Waals surface area contributed by atoms with Gasteiger partial charge in [-0.3, -0.25) is 4.79 Å². The summed E-state index contributed by atoms with van der Waals surface area (Å²) in [5, 5.41) is 0.611. The lowest BCUT2D eigenvalue weighted by Crippen LogP contribution is -2.29. The fraction of sp³-hybridized carbons (Fsp3) is 0.143. The van der Waals surface area contributed by atoms with Crippen LogP contribution < -0.4 is 9.64 Å². The molecule has 3 aromatic rings. The van der Waals surface area contributed by atoms with E-state index in [9.17, 15) is 4.79 Å². The van der Waals surface area contributed by atoms with E-state index in [4.69, 9.17) is 16.3 Å². The van der Waals surface area contributed by atoms with Gasteiger partial charge in [0.1, 0.15) is 0 Å². The lowest BCUT2D eigenvalue weighted by Gasteiger charge is -2.25. The number of carbonyl (C=O) groups excluding carboxylic acids is 1. The topological polar surface area (TPSA) is 68.2 Å². The van der Waals surface area contributed by atoms with Crippen LogP contribution in [0.25, 0.3) is 23.5 Å². The number of halogens is 1. The molecule has 0 saturated carbocycles. The zero-order valence-electron chi connectivity index (χ0n) is 15.4. The SMILES string of the molecule is COc1ccc(-c2ncc3c(n2)/C=C\c2cc(Cl)ccc2N(C(C)=O)C3)cn1. The average Bonchev–Trinajstić information content (AvgIpc) is 2.69. The van der Waals surface area contributed by atoms with Crippen molar-refractivity contribution in [2.45, 2.75) is 13.5 Å². The fourth-order valence-electron chi connectivity index (χ4n) is 3.07. The van der Waals surface area contributed by atoms with Crippen molar-refractivity contribution < 1.29 is 9.53 Å². The molecule has 1 amide bonds.